The number of aromatic nitrogens is 2. The van der Waals surface area contributed by atoms with Crippen LogP contribution < -0.4 is 20.1 Å². The number of methoxy groups -OCH3 is 1. The molecule has 2 N–H and O–H groups in total. The van der Waals surface area contributed by atoms with Crippen molar-refractivity contribution in [2.75, 3.05) is 17.7 Å². The van der Waals surface area contributed by atoms with E-state index in [0.29, 0.717) is 28.4 Å². The number of nitrogens with one attached hydrogen (secondary N) is 2. The van der Waals surface area contributed by atoms with Crippen LogP contribution in [0.1, 0.15) is 24.2 Å². The van der Waals surface area contributed by atoms with E-state index in [2.05, 4.69) is 31.7 Å². The van der Waals surface area contributed by atoms with E-state index < -0.39 is 0 Å². The minimum Gasteiger partial charge on any atom is -0.497 e. The van der Waals surface area contributed by atoms with Gasteiger partial charge in [0, 0.05) is 16.4 Å². The highest BCUT2D eigenvalue weighted by molar-refractivity contribution is 9.10. The second-order valence-corrected chi connectivity index (χ2v) is 7.88. The Morgan fingerprint density at radius 1 is 1.10 bits per heavy atom. The maximum absolute atomic E-state index is 12.7. The van der Waals surface area contributed by atoms with Crippen LogP contribution in [0.25, 0.3) is 0 Å². The Morgan fingerprint density at radius 2 is 1.84 bits per heavy atom. The molecule has 9 heteroatoms. The van der Waals surface area contributed by atoms with Crippen LogP contribution in [0.5, 0.6) is 11.5 Å². The molecule has 0 atom stereocenters. The van der Waals surface area contributed by atoms with Gasteiger partial charge >= 0.3 is 0 Å². The fourth-order valence-corrected chi connectivity index (χ4v) is 3.11. The third-order valence-corrected chi connectivity index (χ3v) is 4.61. The standard InChI is InChI=1S/C22H23BrN4O4/c1-14(2)31-20-10-15(23)4-9-19(20)22(29)26-17-11-24-27(12-17)13-21(28)25-16-5-7-18(30-3)8-6-16/h4-12,14H,13H2,1-3H3,(H,25,28)(H,26,29). The van der Waals surface area contributed by atoms with Crippen molar-refractivity contribution in [3.8, 4) is 11.5 Å². The van der Waals surface area contributed by atoms with E-state index in [9.17, 15) is 9.59 Å². The summed E-state index contributed by atoms with van der Waals surface area (Å²) in [5, 5.41) is 9.71. The van der Waals surface area contributed by atoms with Gasteiger partial charge in [0.05, 0.1) is 30.7 Å². The second-order valence-electron chi connectivity index (χ2n) is 6.96. The molecule has 0 fully saturated rings. The first-order valence-electron chi connectivity index (χ1n) is 9.58. The molecule has 2 amide bonds. The molecular formula is C22H23BrN4O4. The summed E-state index contributed by atoms with van der Waals surface area (Å²) < 4.78 is 13.1. The van der Waals surface area contributed by atoms with Crippen molar-refractivity contribution < 1.29 is 19.1 Å². The molecule has 0 spiro atoms. The number of amides is 2. The summed E-state index contributed by atoms with van der Waals surface area (Å²) in [5.74, 6) is 0.614. The molecule has 3 aromatic rings. The van der Waals surface area contributed by atoms with E-state index in [1.165, 1.54) is 10.9 Å². The number of hydrogen-bond donors (Lipinski definition) is 2. The lowest BCUT2D eigenvalue weighted by Gasteiger charge is -2.14. The fourth-order valence-electron chi connectivity index (χ4n) is 2.77. The average Bonchev–Trinajstić information content (AvgIpc) is 3.14. The minimum atomic E-state index is -0.328. The molecule has 0 aliphatic carbocycles. The smallest absolute Gasteiger partial charge is 0.259 e. The van der Waals surface area contributed by atoms with Crippen LogP contribution in [0.4, 0.5) is 11.4 Å². The SMILES string of the molecule is COc1ccc(NC(=O)Cn2cc(NC(=O)c3ccc(Br)cc3OC(C)C)cn2)cc1. The van der Waals surface area contributed by atoms with Crippen LogP contribution in [0.2, 0.25) is 0 Å². The van der Waals surface area contributed by atoms with Crippen molar-refractivity contribution in [2.45, 2.75) is 26.5 Å². The fraction of sp³-hybridized carbons (Fsp3) is 0.227. The minimum absolute atomic E-state index is 0.00188. The number of ether oxygens (including phenoxy) is 2. The normalized spacial score (nSPS) is 10.6. The van der Waals surface area contributed by atoms with Gasteiger partial charge in [-0.25, -0.2) is 0 Å². The third kappa shape index (κ3) is 6.32. The topological polar surface area (TPSA) is 94.5 Å². The van der Waals surface area contributed by atoms with Gasteiger partial charge in [-0.3, -0.25) is 14.3 Å². The van der Waals surface area contributed by atoms with Crippen molar-refractivity contribution in [2.24, 2.45) is 0 Å². The van der Waals surface area contributed by atoms with Gasteiger partial charge in [-0.05, 0) is 56.3 Å². The highest BCUT2D eigenvalue weighted by Crippen LogP contribution is 2.26. The molecule has 0 radical (unpaired) electrons. The highest BCUT2D eigenvalue weighted by atomic mass is 79.9. The summed E-state index contributed by atoms with van der Waals surface area (Å²) in [5.41, 5.74) is 1.53. The van der Waals surface area contributed by atoms with E-state index in [4.69, 9.17) is 9.47 Å². The van der Waals surface area contributed by atoms with Crippen LogP contribution >= 0.6 is 15.9 Å². The Hall–Kier alpha value is -3.33. The predicted octanol–water partition coefficient (Wildman–Crippen LogP) is 4.33. The van der Waals surface area contributed by atoms with Crippen molar-refractivity contribution >= 4 is 39.1 Å². The third-order valence-electron chi connectivity index (χ3n) is 4.12. The zero-order valence-corrected chi connectivity index (χ0v) is 19.0. The first kappa shape index (κ1) is 22.4. The molecular weight excluding hydrogens is 464 g/mol. The van der Waals surface area contributed by atoms with Crippen LogP contribution in [-0.4, -0.2) is 34.8 Å². The number of halogens is 1. The summed E-state index contributed by atoms with van der Waals surface area (Å²) in [6, 6.07) is 12.2. The lowest BCUT2D eigenvalue weighted by molar-refractivity contribution is -0.116. The molecule has 0 aliphatic rings. The van der Waals surface area contributed by atoms with Gasteiger partial charge in [0.15, 0.2) is 0 Å². The molecule has 3 rings (SSSR count). The monoisotopic (exact) mass is 486 g/mol. The molecule has 2 aromatic carbocycles. The molecule has 8 nitrogen and oxygen atoms in total. The Kier molecular flexibility index (Phi) is 7.30. The number of benzene rings is 2. The average molecular weight is 487 g/mol. The zero-order valence-electron chi connectivity index (χ0n) is 17.4. The Balaban J connectivity index is 1.62. The van der Waals surface area contributed by atoms with Gasteiger partial charge in [0.1, 0.15) is 18.0 Å². The Labute approximate surface area is 188 Å². The Bertz CT molecular complexity index is 1060. The van der Waals surface area contributed by atoms with E-state index in [1.54, 1.807) is 55.8 Å². The molecule has 1 heterocycles. The lowest BCUT2D eigenvalue weighted by Crippen LogP contribution is -2.19. The maximum Gasteiger partial charge on any atom is 0.259 e. The number of rotatable bonds is 8. The molecule has 0 unspecified atom stereocenters. The number of anilines is 2. The Morgan fingerprint density at radius 3 is 2.52 bits per heavy atom. The van der Waals surface area contributed by atoms with Crippen molar-refractivity contribution in [3.05, 3.63) is 64.9 Å². The number of hydrogen-bond acceptors (Lipinski definition) is 5. The lowest BCUT2D eigenvalue weighted by atomic mass is 10.2. The van der Waals surface area contributed by atoms with Gasteiger partial charge < -0.3 is 20.1 Å². The largest absolute Gasteiger partial charge is 0.497 e. The van der Waals surface area contributed by atoms with E-state index in [0.717, 1.165) is 4.47 Å². The van der Waals surface area contributed by atoms with E-state index in [1.807, 2.05) is 13.8 Å². The number of carbonyl (C=O) groups is 2. The van der Waals surface area contributed by atoms with E-state index in [-0.39, 0.29) is 24.5 Å². The number of carbonyl (C=O) groups excluding carboxylic acids is 2. The molecule has 0 bridgehead atoms. The van der Waals surface area contributed by atoms with Crippen LogP contribution in [0.15, 0.2) is 59.3 Å². The van der Waals surface area contributed by atoms with Gasteiger partial charge in [-0.15, -0.1) is 0 Å². The van der Waals surface area contributed by atoms with Crippen molar-refractivity contribution in [1.29, 1.82) is 0 Å². The summed E-state index contributed by atoms with van der Waals surface area (Å²) in [6.07, 6.45) is 3.00. The van der Waals surface area contributed by atoms with Crippen molar-refractivity contribution in [1.82, 2.24) is 9.78 Å². The molecule has 162 valence electrons. The van der Waals surface area contributed by atoms with Gasteiger partial charge in [0.25, 0.3) is 5.91 Å². The quantitative estimate of drug-likeness (QED) is 0.493. The highest BCUT2D eigenvalue weighted by Gasteiger charge is 2.15. The van der Waals surface area contributed by atoms with Crippen LogP contribution in [-0.2, 0) is 11.3 Å². The zero-order chi connectivity index (χ0) is 22.4. The maximum atomic E-state index is 12.7. The summed E-state index contributed by atoms with van der Waals surface area (Å²) in [6.45, 7) is 3.79. The molecule has 31 heavy (non-hydrogen) atoms. The second kappa shape index (κ2) is 10.1. The van der Waals surface area contributed by atoms with Crippen LogP contribution in [0.3, 0.4) is 0 Å². The summed E-state index contributed by atoms with van der Waals surface area (Å²) in [4.78, 5) is 25.0. The molecule has 0 saturated heterocycles. The first-order chi connectivity index (χ1) is 14.8. The summed E-state index contributed by atoms with van der Waals surface area (Å²) in [7, 11) is 1.58. The first-order valence-corrected chi connectivity index (χ1v) is 10.4. The van der Waals surface area contributed by atoms with E-state index >= 15 is 0 Å². The van der Waals surface area contributed by atoms with Crippen molar-refractivity contribution in [3.63, 3.8) is 0 Å². The molecule has 0 saturated carbocycles. The molecule has 0 aliphatic heterocycles. The predicted molar refractivity (Wildman–Crippen MR) is 122 cm³/mol. The van der Waals surface area contributed by atoms with Gasteiger partial charge in [-0.2, -0.15) is 5.10 Å². The van der Waals surface area contributed by atoms with Crippen LogP contribution in [0, 0.1) is 0 Å². The van der Waals surface area contributed by atoms with Gasteiger partial charge in [-0.1, -0.05) is 15.9 Å². The summed E-state index contributed by atoms with van der Waals surface area (Å²) >= 11 is 3.39. The number of nitrogens with zero attached hydrogens (tertiary/aromatic N) is 2. The van der Waals surface area contributed by atoms with Gasteiger partial charge in [0.2, 0.25) is 5.91 Å². The molecule has 1 aromatic heterocycles.